The lowest BCUT2D eigenvalue weighted by atomic mass is 10.1. The number of H-pyrrole nitrogens is 1. The lowest BCUT2D eigenvalue weighted by molar-refractivity contribution is 0.0342. The van der Waals surface area contributed by atoms with Gasteiger partial charge in [0.15, 0.2) is 0 Å². The summed E-state index contributed by atoms with van der Waals surface area (Å²) in [6.45, 7) is 6.27. The Kier molecular flexibility index (Phi) is 4.17. The van der Waals surface area contributed by atoms with Gasteiger partial charge in [-0.2, -0.15) is 5.10 Å². The highest BCUT2D eigenvalue weighted by molar-refractivity contribution is 6.05. The molecule has 1 aliphatic rings. The summed E-state index contributed by atoms with van der Waals surface area (Å²) in [5.74, 6) is -0.0643. The topological polar surface area (TPSA) is 70.2 Å². The van der Waals surface area contributed by atoms with E-state index in [0.29, 0.717) is 5.56 Å². The van der Waals surface area contributed by atoms with E-state index in [-0.39, 0.29) is 11.9 Å². The molecule has 2 heterocycles. The second-order valence-corrected chi connectivity index (χ2v) is 5.43. The number of para-hydroxylation sites is 1. The molecule has 0 spiro atoms. The van der Waals surface area contributed by atoms with E-state index in [0.717, 1.165) is 43.8 Å². The summed E-state index contributed by atoms with van der Waals surface area (Å²) < 4.78 is 5.33. The summed E-state index contributed by atoms with van der Waals surface area (Å²) in [5, 5.41) is 10.9. The minimum Gasteiger partial charge on any atom is -0.379 e. The van der Waals surface area contributed by atoms with Gasteiger partial charge in [0.05, 0.1) is 30.5 Å². The van der Waals surface area contributed by atoms with E-state index in [1.54, 1.807) is 6.20 Å². The highest BCUT2D eigenvalue weighted by atomic mass is 16.5. The number of nitrogens with one attached hydrogen (secondary N) is 2. The average molecular weight is 288 g/mol. The van der Waals surface area contributed by atoms with Crippen LogP contribution in [0, 0.1) is 0 Å². The van der Waals surface area contributed by atoms with Crippen molar-refractivity contribution in [3.63, 3.8) is 0 Å². The van der Waals surface area contributed by atoms with Gasteiger partial charge in [0.1, 0.15) is 0 Å². The van der Waals surface area contributed by atoms with Crippen LogP contribution in [0.2, 0.25) is 0 Å². The van der Waals surface area contributed by atoms with Gasteiger partial charge in [0.25, 0.3) is 5.91 Å². The van der Waals surface area contributed by atoms with E-state index in [1.165, 1.54) is 0 Å². The molecule has 112 valence electrons. The average Bonchev–Trinajstić information content (AvgIpc) is 2.96. The molecule has 1 amide bonds. The van der Waals surface area contributed by atoms with Crippen LogP contribution >= 0.6 is 0 Å². The van der Waals surface area contributed by atoms with Crippen molar-refractivity contribution >= 4 is 16.8 Å². The Morgan fingerprint density at radius 3 is 3.10 bits per heavy atom. The lowest BCUT2D eigenvalue weighted by Gasteiger charge is -2.29. The lowest BCUT2D eigenvalue weighted by Crippen LogP contribution is -2.46. The third kappa shape index (κ3) is 3.22. The number of aromatic nitrogens is 2. The number of morpholine rings is 1. The first-order chi connectivity index (χ1) is 10.2. The smallest absolute Gasteiger partial charge is 0.253 e. The molecule has 1 aliphatic heterocycles. The first-order valence-corrected chi connectivity index (χ1v) is 7.27. The Morgan fingerprint density at radius 2 is 2.29 bits per heavy atom. The standard InChI is InChI=1S/C15H20N4O2/c1-11(10-19-5-7-21-8-6-19)17-15(20)13-4-2-3-12-9-16-18-14(12)13/h2-4,9,11H,5-8,10H2,1H3,(H,16,18)(H,17,20)/t11-/m0/s1. The number of benzene rings is 1. The fourth-order valence-corrected chi connectivity index (χ4v) is 2.68. The summed E-state index contributed by atoms with van der Waals surface area (Å²) in [6, 6.07) is 5.72. The van der Waals surface area contributed by atoms with Crippen LogP contribution in [0.1, 0.15) is 17.3 Å². The van der Waals surface area contributed by atoms with Crippen LogP contribution in [0.4, 0.5) is 0 Å². The van der Waals surface area contributed by atoms with Crippen molar-refractivity contribution in [1.29, 1.82) is 0 Å². The number of amides is 1. The van der Waals surface area contributed by atoms with Crippen molar-refractivity contribution in [3.05, 3.63) is 30.0 Å². The maximum atomic E-state index is 12.4. The molecule has 0 bridgehead atoms. The minimum atomic E-state index is -0.0643. The molecule has 2 aromatic rings. The molecule has 0 radical (unpaired) electrons. The summed E-state index contributed by atoms with van der Waals surface area (Å²) in [6.07, 6.45) is 1.73. The van der Waals surface area contributed by atoms with Crippen molar-refractivity contribution < 1.29 is 9.53 Å². The van der Waals surface area contributed by atoms with Gasteiger partial charge in [0, 0.05) is 31.1 Å². The second-order valence-electron chi connectivity index (χ2n) is 5.43. The van der Waals surface area contributed by atoms with Gasteiger partial charge in [-0.15, -0.1) is 0 Å². The molecule has 3 rings (SSSR count). The Labute approximate surface area is 123 Å². The van der Waals surface area contributed by atoms with Crippen LogP contribution in [0.15, 0.2) is 24.4 Å². The van der Waals surface area contributed by atoms with Crippen LogP contribution in [-0.2, 0) is 4.74 Å². The van der Waals surface area contributed by atoms with Crippen molar-refractivity contribution in [2.75, 3.05) is 32.8 Å². The van der Waals surface area contributed by atoms with Gasteiger partial charge in [-0.05, 0) is 13.0 Å². The minimum absolute atomic E-state index is 0.0643. The van der Waals surface area contributed by atoms with E-state index >= 15 is 0 Å². The highest BCUT2D eigenvalue weighted by Crippen LogP contribution is 2.15. The van der Waals surface area contributed by atoms with Crippen LogP contribution < -0.4 is 5.32 Å². The predicted molar refractivity (Wildman–Crippen MR) is 80.3 cm³/mol. The fraction of sp³-hybridized carbons (Fsp3) is 0.467. The van der Waals surface area contributed by atoms with Gasteiger partial charge < -0.3 is 10.1 Å². The van der Waals surface area contributed by atoms with Crippen molar-refractivity contribution in [2.45, 2.75) is 13.0 Å². The Balaban J connectivity index is 1.64. The second kappa shape index (κ2) is 6.24. The molecule has 6 nitrogen and oxygen atoms in total. The van der Waals surface area contributed by atoms with Crippen molar-refractivity contribution in [1.82, 2.24) is 20.4 Å². The molecule has 2 N–H and O–H groups in total. The molecule has 1 fully saturated rings. The highest BCUT2D eigenvalue weighted by Gasteiger charge is 2.17. The molecular formula is C15H20N4O2. The summed E-state index contributed by atoms with van der Waals surface area (Å²) in [7, 11) is 0. The summed E-state index contributed by atoms with van der Waals surface area (Å²) in [4.78, 5) is 14.7. The Bertz CT molecular complexity index is 619. The SMILES string of the molecule is C[C@@H](CN1CCOCC1)NC(=O)c1cccc2cn[nH]c12. The van der Waals surface area contributed by atoms with Gasteiger partial charge in [-0.1, -0.05) is 12.1 Å². The number of hydrogen-bond donors (Lipinski definition) is 2. The van der Waals surface area contributed by atoms with Crippen molar-refractivity contribution in [3.8, 4) is 0 Å². The van der Waals surface area contributed by atoms with E-state index in [2.05, 4.69) is 20.4 Å². The van der Waals surface area contributed by atoms with Gasteiger partial charge in [-0.3, -0.25) is 14.8 Å². The normalized spacial score (nSPS) is 17.8. The number of aromatic amines is 1. The molecule has 21 heavy (non-hydrogen) atoms. The zero-order valence-electron chi connectivity index (χ0n) is 12.1. The Morgan fingerprint density at radius 1 is 1.48 bits per heavy atom. The van der Waals surface area contributed by atoms with Gasteiger partial charge in [0.2, 0.25) is 0 Å². The number of rotatable bonds is 4. The molecule has 0 saturated carbocycles. The number of nitrogens with zero attached hydrogens (tertiary/aromatic N) is 2. The molecule has 6 heteroatoms. The van der Waals surface area contributed by atoms with E-state index in [1.807, 2.05) is 25.1 Å². The number of fused-ring (bicyclic) bond motifs is 1. The number of hydrogen-bond acceptors (Lipinski definition) is 4. The van der Waals surface area contributed by atoms with E-state index < -0.39 is 0 Å². The quantitative estimate of drug-likeness (QED) is 0.881. The fourth-order valence-electron chi connectivity index (χ4n) is 2.68. The Hall–Kier alpha value is -1.92. The van der Waals surface area contributed by atoms with E-state index in [4.69, 9.17) is 4.74 Å². The van der Waals surface area contributed by atoms with Crippen LogP contribution in [-0.4, -0.2) is 59.9 Å². The molecular weight excluding hydrogens is 268 g/mol. The summed E-state index contributed by atoms with van der Waals surface area (Å²) >= 11 is 0. The predicted octanol–water partition coefficient (Wildman–Crippen LogP) is 1.01. The zero-order valence-corrected chi connectivity index (χ0v) is 12.1. The third-order valence-electron chi connectivity index (χ3n) is 3.73. The molecule has 1 aromatic carbocycles. The summed E-state index contributed by atoms with van der Waals surface area (Å²) in [5.41, 5.74) is 1.42. The third-order valence-corrected chi connectivity index (χ3v) is 3.73. The zero-order chi connectivity index (χ0) is 14.7. The van der Waals surface area contributed by atoms with Crippen molar-refractivity contribution in [2.24, 2.45) is 0 Å². The van der Waals surface area contributed by atoms with Gasteiger partial charge >= 0.3 is 0 Å². The number of carbonyl (C=O) groups is 1. The number of ether oxygens (including phenoxy) is 1. The molecule has 1 saturated heterocycles. The molecule has 1 atom stereocenters. The maximum absolute atomic E-state index is 12.4. The largest absolute Gasteiger partial charge is 0.379 e. The first-order valence-electron chi connectivity index (χ1n) is 7.27. The van der Waals surface area contributed by atoms with Gasteiger partial charge in [-0.25, -0.2) is 0 Å². The molecule has 0 unspecified atom stereocenters. The first kappa shape index (κ1) is 14.0. The molecule has 0 aliphatic carbocycles. The monoisotopic (exact) mass is 288 g/mol. The van der Waals surface area contributed by atoms with E-state index in [9.17, 15) is 4.79 Å². The van der Waals surface area contributed by atoms with Crippen LogP contribution in [0.5, 0.6) is 0 Å². The number of carbonyl (C=O) groups excluding carboxylic acids is 1. The van der Waals surface area contributed by atoms with Crippen LogP contribution in [0.3, 0.4) is 0 Å². The molecule has 1 aromatic heterocycles. The van der Waals surface area contributed by atoms with Crippen LogP contribution in [0.25, 0.3) is 10.9 Å². The maximum Gasteiger partial charge on any atom is 0.253 e.